The first kappa shape index (κ1) is 14.6. The average Bonchev–Trinajstić information content (AvgIpc) is 2.64. The molecule has 0 bridgehead atoms. The van der Waals surface area contributed by atoms with Gasteiger partial charge in [-0.05, 0) is 24.3 Å². The first-order valence-corrected chi connectivity index (χ1v) is 7.10. The number of aromatic nitrogens is 2. The van der Waals surface area contributed by atoms with Crippen LogP contribution in [0.15, 0.2) is 84.2 Å². The minimum atomic E-state index is -0.366. The van der Waals surface area contributed by atoms with E-state index in [1.165, 1.54) is 0 Å². The molecule has 0 saturated heterocycles. The molecule has 5 heteroatoms. The van der Waals surface area contributed by atoms with Gasteiger partial charge in [-0.2, -0.15) is 5.10 Å². The van der Waals surface area contributed by atoms with E-state index in [4.69, 9.17) is 0 Å². The van der Waals surface area contributed by atoms with Gasteiger partial charge in [0.25, 0.3) is 5.91 Å². The fraction of sp³-hybridized carbons (Fsp3) is 0. The Kier molecular flexibility index (Phi) is 4.49. The summed E-state index contributed by atoms with van der Waals surface area (Å²) < 4.78 is 0. The number of hydrazone groups is 1. The van der Waals surface area contributed by atoms with Gasteiger partial charge in [-0.15, -0.1) is 0 Å². The number of amides is 1. The highest BCUT2D eigenvalue weighted by Crippen LogP contribution is 2.08. The number of carbonyl (C=O) groups excluding carboxylic acids is 1. The normalized spacial score (nSPS) is 11.0. The molecular weight excluding hydrogens is 288 g/mol. The molecule has 0 aliphatic carbocycles. The van der Waals surface area contributed by atoms with Crippen molar-refractivity contribution in [1.29, 1.82) is 0 Å². The summed E-state index contributed by atoms with van der Waals surface area (Å²) in [6, 6.07) is 20.3. The molecule has 0 aliphatic heterocycles. The number of benzene rings is 1. The number of rotatable bonds is 4. The maximum atomic E-state index is 12.1. The number of hydrogen-bond donors (Lipinski definition) is 1. The molecule has 0 saturated carbocycles. The van der Waals surface area contributed by atoms with Crippen LogP contribution in [0.1, 0.15) is 21.7 Å². The van der Waals surface area contributed by atoms with Crippen LogP contribution in [0.25, 0.3) is 0 Å². The fourth-order valence-electron chi connectivity index (χ4n) is 2.03. The maximum absolute atomic E-state index is 12.1. The van der Waals surface area contributed by atoms with E-state index in [0.29, 0.717) is 17.1 Å². The second-order valence-electron chi connectivity index (χ2n) is 4.70. The third kappa shape index (κ3) is 3.65. The quantitative estimate of drug-likeness (QED) is 0.595. The highest BCUT2D eigenvalue weighted by molar-refractivity contribution is 6.12. The molecule has 0 aliphatic rings. The van der Waals surface area contributed by atoms with Crippen LogP contribution >= 0.6 is 0 Å². The molecular formula is C18H14N4O. The van der Waals surface area contributed by atoms with Crippen molar-refractivity contribution in [2.75, 3.05) is 0 Å². The lowest BCUT2D eigenvalue weighted by Gasteiger charge is -2.07. The summed E-state index contributed by atoms with van der Waals surface area (Å²) in [7, 11) is 0. The number of nitrogens with zero attached hydrogens (tertiary/aromatic N) is 3. The third-order valence-corrected chi connectivity index (χ3v) is 3.12. The van der Waals surface area contributed by atoms with Crippen molar-refractivity contribution >= 4 is 11.6 Å². The Morgan fingerprint density at radius 1 is 0.783 bits per heavy atom. The molecule has 23 heavy (non-hydrogen) atoms. The number of pyridine rings is 2. The molecule has 0 unspecified atom stereocenters. The minimum Gasteiger partial charge on any atom is -0.266 e. The Morgan fingerprint density at radius 2 is 1.39 bits per heavy atom. The lowest BCUT2D eigenvalue weighted by atomic mass is 10.1. The van der Waals surface area contributed by atoms with E-state index in [1.54, 1.807) is 30.6 Å². The summed E-state index contributed by atoms with van der Waals surface area (Å²) in [5.74, 6) is -0.366. The van der Waals surface area contributed by atoms with Gasteiger partial charge in [0.2, 0.25) is 0 Å². The van der Waals surface area contributed by atoms with Crippen LogP contribution in [0.5, 0.6) is 0 Å². The van der Waals surface area contributed by atoms with Crippen LogP contribution < -0.4 is 5.43 Å². The van der Waals surface area contributed by atoms with Crippen molar-refractivity contribution in [3.05, 3.63) is 96.1 Å². The van der Waals surface area contributed by atoms with Crippen molar-refractivity contribution in [2.24, 2.45) is 5.10 Å². The summed E-state index contributed by atoms with van der Waals surface area (Å²) in [6.45, 7) is 0. The van der Waals surface area contributed by atoms with Crippen LogP contribution in [0.2, 0.25) is 0 Å². The van der Waals surface area contributed by atoms with E-state index >= 15 is 0 Å². The molecule has 3 rings (SSSR count). The third-order valence-electron chi connectivity index (χ3n) is 3.12. The lowest BCUT2D eigenvalue weighted by Crippen LogP contribution is -2.21. The standard InChI is InChI=1S/C18H14N4O/c23-18(16-11-5-7-13-20-16)22-21-17(14-8-2-1-3-9-14)15-10-4-6-12-19-15/h1-13H,(H,22,23)/b21-17+. The van der Waals surface area contributed by atoms with Crippen LogP contribution in [-0.4, -0.2) is 21.6 Å². The van der Waals surface area contributed by atoms with Crippen molar-refractivity contribution in [1.82, 2.24) is 15.4 Å². The Morgan fingerprint density at radius 3 is 2.00 bits per heavy atom. The summed E-state index contributed by atoms with van der Waals surface area (Å²) in [5.41, 5.74) is 4.99. The molecule has 0 radical (unpaired) electrons. The van der Waals surface area contributed by atoms with Crippen LogP contribution in [-0.2, 0) is 0 Å². The van der Waals surface area contributed by atoms with Gasteiger partial charge in [-0.25, -0.2) is 5.43 Å². The van der Waals surface area contributed by atoms with Gasteiger partial charge >= 0.3 is 0 Å². The highest BCUT2D eigenvalue weighted by Gasteiger charge is 2.10. The summed E-state index contributed by atoms with van der Waals surface area (Å²) in [4.78, 5) is 20.4. The topological polar surface area (TPSA) is 67.2 Å². The van der Waals surface area contributed by atoms with Gasteiger partial charge in [0, 0.05) is 18.0 Å². The molecule has 1 amide bonds. The molecule has 0 atom stereocenters. The van der Waals surface area contributed by atoms with E-state index < -0.39 is 0 Å². The number of hydrogen-bond acceptors (Lipinski definition) is 4. The Labute approximate surface area is 133 Å². The van der Waals surface area contributed by atoms with E-state index in [2.05, 4.69) is 20.5 Å². The lowest BCUT2D eigenvalue weighted by molar-refractivity contribution is 0.0950. The first-order valence-electron chi connectivity index (χ1n) is 7.10. The molecule has 2 aromatic heterocycles. The fourth-order valence-corrected chi connectivity index (χ4v) is 2.03. The number of nitrogens with one attached hydrogen (secondary N) is 1. The zero-order chi connectivity index (χ0) is 15.9. The Hall–Kier alpha value is -3.34. The van der Waals surface area contributed by atoms with Crippen LogP contribution in [0, 0.1) is 0 Å². The average molecular weight is 302 g/mol. The molecule has 1 N–H and O–H groups in total. The van der Waals surface area contributed by atoms with Gasteiger partial charge in [-0.1, -0.05) is 42.5 Å². The van der Waals surface area contributed by atoms with E-state index in [9.17, 15) is 4.79 Å². The van der Waals surface area contributed by atoms with Crippen molar-refractivity contribution < 1.29 is 4.79 Å². The van der Waals surface area contributed by atoms with Gasteiger partial charge in [0.05, 0.1) is 5.69 Å². The monoisotopic (exact) mass is 302 g/mol. The second kappa shape index (κ2) is 7.09. The van der Waals surface area contributed by atoms with Gasteiger partial charge in [0.15, 0.2) is 0 Å². The predicted octanol–water partition coefficient (Wildman–Crippen LogP) is 2.66. The Balaban J connectivity index is 1.91. The molecule has 2 heterocycles. The van der Waals surface area contributed by atoms with E-state index in [-0.39, 0.29) is 5.91 Å². The van der Waals surface area contributed by atoms with Crippen LogP contribution in [0.3, 0.4) is 0 Å². The largest absolute Gasteiger partial charge is 0.289 e. The molecule has 3 aromatic rings. The highest BCUT2D eigenvalue weighted by atomic mass is 16.2. The first-order chi connectivity index (χ1) is 11.3. The van der Waals surface area contributed by atoms with Gasteiger partial charge in [0.1, 0.15) is 11.4 Å². The smallest absolute Gasteiger partial charge is 0.266 e. The van der Waals surface area contributed by atoms with Crippen LogP contribution in [0.4, 0.5) is 0 Å². The summed E-state index contributed by atoms with van der Waals surface area (Å²) in [5, 5.41) is 4.26. The van der Waals surface area contributed by atoms with E-state index in [1.807, 2.05) is 48.5 Å². The van der Waals surface area contributed by atoms with E-state index in [0.717, 1.165) is 5.56 Å². The van der Waals surface area contributed by atoms with Crippen molar-refractivity contribution in [3.63, 3.8) is 0 Å². The minimum absolute atomic E-state index is 0.310. The SMILES string of the molecule is O=C(N/N=C(\c1ccccc1)c1ccccn1)c1ccccn1. The predicted molar refractivity (Wildman–Crippen MR) is 88.0 cm³/mol. The molecule has 5 nitrogen and oxygen atoms in total. The number of carbonyl (C=O) groups is 1. The molecule has 112 valence electrons. The molecule has 0 spiro atoms. The summed E-state index contributed by atoms with van der Waals surface area (Å²) in [6.07, 6.45) is 3.25. The maximum Gasteiger partial charge on any atom is 0.289 e. The second-order valence-corrected chi connectivity index (χ2v) is 4.70. The zero-order valence-electron chi connectivity index (χ0n) is 12.3. The van der Waals surface area contributed by atoms with Gasteiger partial charge in [-0.3, -0.25) is 14.8 Å². The van der Waals surface area contributed by atoms with Gasteiger partial charge < -0.3 is 0 Å². The van der Waals surface area contributed by atoms with Crippen molar-refractivity contribution in [3.8, 4) is 0 Å². The summed E-state index contributed by atoms with van der Waals surface area (Å²) >= 11 is 0. The molecule has 0 fully saturated rings. The Bertz CT molecular complexity index is 761. The molecule has 1 aromatic carbocycles. The van der Waals surface area contributed by atoms with Crippen molar-refractivity contribution in [2.45, 2.75) is 0 Å². The zero-order valence-corrected chi connectivity index (χ0v) is 12.3.